The maximum absolute atomic E-state index is 12.3. The molecule has 1 amide bonds. The summed E-state index contributed by atoms with van der Waals surface area (Å²) in [5, 5.41) is 9.23. The number of carbonyl (C=O) groups excluding carboxylic acids is 1. The molecule has 144 valence electrons. The number of nitrogen functional groups attached to an aromatic ring is 1. The van der Waals surface area contributed by atoms with Crippen LogP contribution in [0.2, 0.25) is 0 Å². The molecule has 0 bridgehead atoms. The van der Waals surface area contributed by atoms with Gasteiger partial charge in [-0.3, -0.25) is 14.8 Å². The van der Waals surface area contributed by atoms with Crippen LogP contribution in [0.15, 0.2) is 34.3 Å². The predicted molar refractivity (Wildman–Crippen MR) is 109 cm³/mol. The molecular weight excluding hydrogens is 364 g/mol. The number of nitrogens with zero attached hydrogens (tertiary/aromatic N) is 3. The standard InChI is InChI=1S/C19H24N4O3S/c1-19(2)15(18(25)26)23-16(24)14(17(23)27-19)22-11-5-3-4-10-21-13-8-6-12(20)7-9-13/h6-11,14-15,17H,3-5,20H2,1-2H3,(H,25,26)/t14-,15+,17-/m1/s1. The first-order valence-electron chi connectivity index (χ1n) is 8.94. The summed E-state index contributed by atoms with van der Waals surface area (Å²) in [5.74, 6) is -1.14. The molecule has 0 saturated carbocycles. The van der Waals surface area contributed by atoms with Crippen LogP contribution in [0.3, 0.4) is 0 Å². The Balaban J connectivity index is 1.44. The smallest absolute Gasteiger partial charge is 0.327 e. The number of carbonyl (C=O) groups is 2. The number of carboxylic acids is 1. The fraction of sp³-hybridized carbons (Fsp3) is 0.474. The SMILES string of the molecule is CC1(C)S[C@@H]2[C@H](N=CCCCC=Nc3ccc(N)cc3)C(=O)N2[C@H]1C(=O)O. The van der Waals surface area contributed by atoms with E-state index in [-0.39, 0.29) is 11.3 Å². The van der Waals surface area contributed by atoms with Crippen molar-refractivity contribution in [3.63, 3.8) is 0 Å². The van der Waals surface area contributed by atoms with Crippen molar-refractivity contribution in [2.75, 3.05) is 5.73 Å². The van der Waals surface area contributed by atoms with E-state index < -0.39 is 22.8 Å². The molecule has 0 aliphatic carbocycles. The number of rotatable bonds is 7. The van der Waals surface area contributed by atoms with Gasteiger partial charge in [0.1, 0.15) is 11.4 Å². The normalized spacial score (nSPS) is 26.5. The predicted octanol–water partition coefficient (Wildman–Crippen LogP) is 2.73. The van der Waals surface area contributed by atoms with E-state index in [2.05, 4.69) is 9.98 Å². The molecule has 27 heavy (non-hydrogen) atoms. The van der Waals surface area contributed by atoms with E-state index in [1.807, 2.05) is 44.3 Å². The van der Waals surface area contributed by atoms with Crippen molar-refractivity contribution in [1.82, 2.24) is 4.90 Å². The molecule has 8 heteroatoms. The molecular formula is C19H24N4O3S. The third-order valence-electron chi connectivity index (χ3n) is 4.71. The number of amides is 1. The van der Waals surface area contributed by atoms with E-state index in [0.29, 0.717) is 5.69 Å². The van der Waals surface area contributed by atoms with Crippen molar-refractivity contribution in [3.05, 3.63) is 24.3 Å². The molecule has 1 aromatic carbocycles. The van der Waals surface area contributed by atoms with E-state index in [0.717, 1.165) is 24.9 Å². The van der Waals surface area contributed by atoms with Crippen molar-refractivity contribution >= 4 is 47.4 Å². The lowest BCUT2D eigenvalue weighted by molar-refractivity contribution is -0.158. The van der Waals surface area contributed by atoms with Crippen LogP contribution in [-0.4, -0.2) is 56.5 Å². The molecule has 2 fully saturated rings. The number of unbranched alkanes of at least 4 members (excludes halogenated alkanes) is 2. The Bertz CT molecular complexity index is 776. The van der Waals surface area contributed by atoms with Crippen molar-refractivity contribution in [3.8, 4) is 0 Å². The van der Waals surface area contributed by atoms with Crippen molar-refractivity contribution < 1.29 is 14.7 Å². The molecule has 2 aliphatic heterocycles. The minimum atomic E-state index is -0.953. The molecule has 3 N–H and O–H groups in total. The third-order valence-corrected chi connectivity index (χ3v) is 6.27. The Hall–Kier alpha value is -2.35. The Morgan fingerprint density at radius 3 is 2.63 bits per heavy atom. The second kappa shape index (κ2) is 7.72. The van der Waals surface area contributed by atoms with Crippen molar-refractivity contribution in [2.45, 2.75) is 55.3 Å². The minimum absolute atomic E-state index is 0.170. The van der Waals surface area contributed by atoms with Crippen LogP contribution in [-0.2, 0) is 9.59 Å². The lowest BCUT2D eigenvalue weighted by Gasteiger charge is -2.41. The lowest BCUT2D eigenvalue weighted by atomic mass is 9.96. The minimum Gasteiger partial charge on any atom is -0.480 e. The van der Waals surface area contributed by atoms with E-state index in [1.165, 1.54) is 16.7 Å². The monoisotopic (exact) mass is 388 g/mol. The Kier molecular flexibility index (Phi) is 5.55. The number of carboxylic acid groups (broad SMARTS) is 1. The Morgan fingerprint density at radius 1 is 1.30 bits per heavy atom. The number of β-lactam (4-membered cyclic amide) rings is 1. The van der Waals surface area contributed by atoms with Crippen LogP contribution in [0.25, 0.3) is 0 Å². The number of nitrogens with two attached hydrogens (primary N) is 1. The third kappa shape index (κ3) is 4.00. The maximum Gasteiger partial charge on any atom is 0.327 e. The van der Waals surface area contributed by atoms with Crippen LogP contribution in [0.4, 0.5) is 11.4 Å². The average molecular weight is 388 g/mol. The van der Waals surface area contributed by atoms with Gasteiger partial charge in [0.15, 0.2) is 6.04 Å². The van der Waals surface area contributed by atoms with Gasteiger partial charge in [-0.15, -0.1) is 11.8 Å². The zero-order valence-electron chi connectivity index (χ0n) is 15.4. The molecule has 0 unspecified atom stereocenters. The summed E-state index contributed by atoms with van der Waals surface area (Å²) in [5.41, 5.74) is 7.22. The van der Waals surface area contributed by atoms with Crippen LogP contribution in [0.1, 0.15) is 33.1 Å². The van der Waals surface area contributed by atoms with Gasteiger partial charge in [-0.05, 0) is 63.6 Å². The van der Waals surface area contributed by atoms with Gasteiger partial charge in [-0.25, -0.2) is 4.79 Å². The fourth-order valence-electron chi connectivity index (χ4n) is 3.35. The highest BCUT2D eigenvalue weighted by molar-refractivity contribution is 8.01. The molecule has 2 heterocycles. The summed E-state index contributed by atoms with van der Waals surface area (Å²) in [6.45, 7) is 3.73. The summed E-state index contributed by atoms with van der Waals surface area (Å²) in [7, 11) is 0. The molecule has 0 aromatic heterocycles. The zero-order valence-corrected chi connectivity index (χ0v) is 16.2. The van der Waals surface area contributed by atoms with E-state index >= 15 is 0 Å². The summed E-state index contributed by atoms with van der Waals surface area (Å²) in [6.07, 6.45) is 6.09. The first-order valence-corrected chi connectivity index (χ1v) is 9.82. The quantitative estimate of drug-likeness (QED) is 0.323. The fourth-order valence-corrected chi connectivity index (χ4v) is 4.97. The van der Waals surface area contributed by atoms with Crippen LogP contribution >= 0.6 is 11.8 Å². The summed E-state index contributed by atoms with van der Waals surface area (Å²) in [6, 6.07) is 6.13. The van der Waals surface area contributed by atoms with Gasteiger partial charge in [0.05, 0.1) is 5.69 Å². The molecule has 0 radical (unpaired) electrons. The van der Waals surface area contributed by atoms with Gasteiger partial charge < -0.3 is 15.7 Å². The van der Waals surface area contributed by atoms with E-state index in [4.69, 9.17) is 5.73 Å². The number of anilines is 1. The molecule has 1 aromatic rings. The molecule has 3 rings (SSSR count). The van der Waals surface area contributed by atoms with Crippen LogP contribution < -0.4 is 5.73 Å². The van der Waals surface area contributed by atoms with Gasteiger partial charge in [-0.2, -0.15) is 0 Å². The zero-order chi connectivity index (χ0) is 19.6. The van der Waals surface area contributed by atoms with Gasteiger partial charge >= 0.3 is 5.97 Å². The van der Waals surface area contributed by atoms with Gasteiger partial charge in [0.25, 0.3) is 5.91 Å². The highest BCUT2D eigenvalue weighted by Crippen LogP contribution is 2.51. The number of aliphatic imine (C=N–C) groups is 2. The number of aliphatic carboxylic acids is 1. The molecule has 2 saturated heterocycles. The van der Waals surface area contributed by atoms with Crippen LogP contribution in [0, 0.1) is 0 Å². The second-order valence-electron chi connectivity index (χ2n) is 7.21. The van der Waals surface area contributed by atoms with E-state index in [9.17, 15) is 14.7 Å². The summed E-state index contributed by atoms with van der Waals surface area (Å²) >= 11 is 1.52. The Labute approximate surface area is 162 Å². The van der Waals surface area contributed by atoms with Gasteiger partial charge in [0, 0.05) is 16.6 Å². The molecule has 0 spiro atoms. The summed E-state index contributed by atoms with van der Waals surface area (Å²) in [4.78, 5) is 34.0. The maximum atomic E-state index is 12.3. The molecule has 3 atom stereocenters. The average Bonchev–Trinajstić information content (AvgIpc) is 2.87. The molecule has 2 aliphatic rings. The number of thioether (sulfide) groups is 1. The first-order chi connectivity index (χ1) is 12.8. The van der Waals surface area contributed by atoms with Crippen LogP contribution in [0.5, 0.6) is 0 Å². The lowest BCUT2D eigenvalue weighted by Crippen LogP contribution is -2.64. The highest BCUT2D eigenvalue weighted by Gasteiger charge is 2.63. The highest BCUT2D eigenvalue weighted by atomic mass is 32.2. The molecule has 7 nitrogen and oxygen atoms in total. The topological polar surface area (TPSA) is 108 Å². The number of hydrogen-bond donors (Lipinski definition) is 2. The second-order valence-corrected chi connectivity index (χ2v) is 8.98. The Morgan fingerprint density at radius 2 is 1.96 bits per heavy atom. The van der Waals surface area contributed by atoms with Gasteiger partial charge in [-0.1, -0.05) is 0 Å². The number of benzene rings is 1. The van der Waals surface area contributed by atoms with Crippen molar-refractivity contribution in [1.29, 1.82) is 0 Å². The number of hydrogen-bond acceptors (Lipinski definition) is 6. The van der Waals surface area contributed by atoms with Crippen molar-refractivity contribution in [2.24, 2.45) is 9.98 Å². The number of fused-ring (bicyclic) bond motifs is 1. The van der Waals surface area contributed by atoms with Gasteiger partial charge in [0.2, 0.25) is 0 Å². The van der Waals surface area contributed by atoms with E-state index in [1.54, 1.807) is 6.21 Å². The first kappa shape index (κ1) is 19.4. The summed E-state index contributed by atoms with van der Waals surface area (Å²) < 4.78 is -0.505. The largest absolute Gasteiger partial charge is 0.480 e.